The third-order valence-electron chi connectivity index (χ3n) is 4.35. The van der Waals surface area contributed by atoms with Crippen molar-refractivity contribution in [3.05, 3.63) is 63.6 Å². The highest BCUT2D eigenvalue weighted by Gasteiger charge is 2.21. The molecule has 1 aliphatic rings. The van der Waals surface area contributed by atoms with Crippen LogP contribution in [0.5, 0.6) is 0 Å². The van der Waals surface area contributed by atoms with E-state index in [1.54, 1.807) is 36.4 Å². The molecule has 6 nitrogen and oxygen atoms in total. The summed E-state index contributed by atoms with van der Waals surface area (Å²) in [5.41, 5.74) is 0.725. The number of amides is 1. The minimum absolute atomic E-state index is 0.00447. The van der Waals surface area contributed by atoms with Gasteiger partial charge in [0.15, 0.2) is 0 Å². The largest absolute Gasteiger partial charge is 0.376 e. The second kappa shape index (κ2) is 9.13. The number of hydrogen-bond acceptors (Lipinski definition) is 4. The number of benzene rings is 2. The Labute approximate surface area is 174 Å². The fourth-order valence-corrected chi connectivity index (χ4v) is 4.91. The van der Waals surface area contributed by atoms with Crippen molar-refractivity contribution < 1.29 is 17.9 Å². The van der Waals surface area contributed by atoms with Crippen molar-refractivity contribution >= 4 is 44.8 Å². The summed E-state index contributed by atoms with van der Waals surface area (Å²) in [6.07, 6.45) is 1.87. The molecule has 28 heavy (non-hydrogen) atoms. The van der Waals surface area contributed by atoms with Gasteiger partial charge in [-0.2, -0.15) is 0 Å². The van der Waals surface area contributed by atoms with Crippen LogP contribution in [0.15, 0.2) is 42.5 Å². The number of hydrogen-bond donors (Lipinski definition) is 2. The highest BCUT2D eigenvalue weighted by molar-refractivity contribution is 7.91. The molecule has 2 aromatic carbocycles. The van der Waals surface area contributed by atoms with E-state index in [2.05, 4.69) is 10.0 Å². The van der Waals surface area contributed by atoms with Gasteiger partial charge in [0.2, 0.25) is 10.0 Å². The molecule has 3 rings (SSSR count). The second-order valence-corrected chi connectivity index (χ2v) is 8.99. The summed E-state index contributed by atoms with van der Waals surface area (Å²) >= 11 is 12.1. The zero-order chi connectivity index (χ0) is 20.1. The predicted molar refractivity (Wildman–Crippen MR) is 110 cm³/mol. The molecule has 2 N–H and O–H groups in total. The van der Waals surface area contributed by atoms with Gasteiger partial charge in [-0.1, -0.05) is 41.4 Å². The molecule has 1 aliphatic heterocycles. The molecule has 1 amide bonds. The maximum atomic E-state index is 12.6. The first-order chi connectivity index (χ1) is 13.4. The Morgan fingerprint density at radius 2 is 1.82 bits per heavy atom. The molecular formula is C19H20Cl2N2O4S. The van der Waals surface area contributed by atoms with E-state index >= 15 is 0 Å². The fraction of sp³-hybridized carbons (Fsp3) is 0.316. The molecule has 0 unspecified atom stereocenters. The summed E-state index contributed by atoms with van der Waals surface area (Å²) in [7, 11) is -3.84. The van der Waals surface area contributed by atoms with E-state index in [1.807, 2.05) is 0 Å². The van der Waals surface area contributed by atoms with Gasteiger partial charge in [-0.3, -0.25) is 9.52 Å². The van der Waals surface area contributed by atoms with Crippen LogP contribution in [0.2, 0.25) is 10.0 Å². The molecule has 0 aliphatic carbocycles. The van der Waals surface area contributed by atoms with Crippen LogP contribution in [0.25, 0.3) is 0 Å². The molecule has 150 valence electrons. The number of ether oxygens (including phenoxy) is 1. The lowest BCUT2D eigenvalue weighted by Gasteiger charge is -2.15. The van der Waals surface area contributed by atoms with Crippen LogP contribution < -0.4 is 10.0 Å². The Morgan fingerprint density at radius 3 is 2.50 bits per heavy atom. The van der Waals surface area contributed by atoms with Gasteiger partial charge in [0.1, 0.15) is 0 Å². The zero-order valence-corrected chi connectivity index (χ0v) is 17.3. The van der Waals surface area contributed by atoms with Crippen molar-refractivity contribution in [2.24, 2.45) is 0 Å². The Hall–Kier alpha value is -1.80. The van der Waals surface area contributed by atoms with Crippen molar-refractivity contribution in [3.8, 4) is 0 Å². The summed E-state index contributed by atoms with van der Waals surface area (Å²) in [4.78, 5) is 12.5. The molecule has 9 heteroatoms. The van der Waals surface area contributed by atoms with Gasteiger partial charge in [-0.05, 0) is 37.1 Å². The first-order valence-electron chi connectivity index (χ1n) is 8.78. The predicted octanol–water partition coefficient (Wildman–Crippen LogP) is 3.84. The third kappa shape index (κ3) is 5.38. The summed E-state index contributed by atoms with van der Waals surface area (Å²) in [5, 5.41) is 3.32. The number of nitrogens with one attached hydrogen (secondary N) is 2. The van der Waals surface area contributed by atoms with Crippen LogP contribution in [0.1, 0.15) is 28.8 Å². The number of para-hydroxylation sites is 1. The molecule has 0 bridgehead atoms. The zero-order valence-electron chi connectivity index (χ0n) is 15.0. The molecular weight excluding hydrogens is 423 g/mol. The SMILES string of the molecule is O=C(NC[C@@H]1CCCO1)c1ccccc1NS(=O)(=O)Cc1c(Cl)cccc1Cl. The van der Waals surface area contributed by atoms with Crippen LogP contribution >= 0.6 is 23.2 Å². The third-order valence-corrected chi connectivity index (χ3v) is 6.26. The molecule has 0 saturated carbocycles. The minimum Gasteiger partial charge on any atom is -0.376 e. The Balaban J connectivity index is 1.73. The van der Waals surface area contributed by atoms with E-state index in [1.165, 1.54) is 6.07 Å². The first kappa shape index (κ1) is 20.9. The van der Waals surface area contributed by atoms with Crippen molar-refractivity contribution in [1.82, 2.24) is 5.32 Å². The summed E-state index contributed by atoms with van der Waals surface area (Å²) in [5.74, 6) is -0.776. The van der Waals surface area contributed by atoms with Crippen molar-refractivity contribution in [1.29, 1.82) is 0 Å². The molecule has 1 saturated heterocycles. The molecule has 0 radical (unpaired) electrons. The van der Waals surface area contributed by atoms with Gasteiger partial charge >= 0.3 is 0 Å². The lowest BCUT2D eigenvalue weighted by Crippen LogP contribution is -2.32. The molecule has 1 atom stereocenters. The normalized spacial score (nSPS) is 16.7. The lowest BCUT2D eigenvalue weighted by atomic mass is 10.1. The maximum absolute atomic E-state index is 12.6. The average Bonchev–Trinajstić information content (AvgIpc) is 3.17. The summed E-state index contributed by atoms with van der Waals surface area (Å²) in [6.45, 7) is 1.08. The topological polar surface area (TPSA) is 84.5 Å². The van der Waals surface area contributed by atoms with Crippen molar-refractivity contribution in [2.75, 3.05) is 17.9 Å². The molecule has 1 fully saturated rings. The number of halogens is 2. The van der Waals surface area contributed by atoms with Crippen LogP contribution in [-0.4, -0.2) is 33.6 Å². The molecule has 0 aromatic heterocycles. The van der Waals surface area contributed by atoms with E-state index in [4.69, 9.17) is 27.9 Å². The Kier molecular flexibility index (Phi) is 6.82. The van der Waals surface area contributed by atoms with Gasteiger partial charge < -0.3 is 10.1 Å². The van der Waals surface area contributed by atoms with E-state index in [0.29, 0.717) is 18.7 Å². The lowest BCUT2D eigenvalue weighted by molar-refractivity contribution is 0.0858. The number of rotatable bonds is 7. The van der Waals surface area contributed by atoms with Gasteiger partial charge in [0.25, 0.3) is 5.91 Å². The number of anilines is 1. The second-order valence-electron chi connectivity index (χ2n) is 6.45. The molecule has 1 heterocycles. The van der Waals surface area contributed by atoms with Gasteiger partial charge in [0, 0.05) is 28.8 Å². The Morgan fingerprint density at radius 1 is 1.11 bits per heavy atom. The van der Waals surface area contributed by atoms with Crippen LogP contribution in [0, 0.1) is 0 Å². The minimum atomic E-state index is -3.84. The van der Waals surface area contributed by atoms with E-state index in [-0.39, 0.29) is 33.3 Å². The van der Waals surface area contributed by atoms with Gasteiger partial charge in [-0.25, -0.2) is 8.42 Å². The number of sulfonamides is 1. The smallest absolute Gasteiger partial charge is 0.253 e. The van der Waals surface area contributed by atoms with Crippen molar-refractivity contribution in [2.45, 2.75) is 24.7 Å². The summed E-state index contributed by atoms with van der Waals surface area (Å²) < 4.78 is 33.2. The highest BCUT2D eigenvalue weighted by atomic mass is 35.5. The van der Waals surface area contributed by atoms with Gasteiger partial charge in [0.05, 0.1) is 23.1 Å². The maximum Gasteiger partial charge on any atom is 0.253 e. The van der Waals surface area contributed by atoms with Crippen molar-refractivity contribution in [3.63, 3.8) is 0 Å². The average molecular weight is 443 g/mol. The highest BCUT2D eigenvalue weighted by Crippen LogP contribution is 2.27. The fourth-order valence-electron chi connectivity index (χ4n) is 2.94. The van der Waals surface area contributed by atoms with E-state index < -0.39 is 15.8 Å². The molecule has 0 spiro atoms. The summed E-state index contributed by atoms with van der Waals surface area (Å²) in [6, 6.07) is 11.2. The van der Waals surface area contributed by atoms with Gasteiger partial charge in [-0.15, -0.1) is 0 Å². The van der Waals surface area contributed by atoms with E-state index in [0.717, 1.165) is 12.8 Å². The molecule has 2 aromatic rings. The van der Waals surface area contributed by atoms with Crippen LogP contribution in [0.4, 0.5) is 5.69 Å². The van der Waals surface area contributed by atoms with E-state index in [9.17, 15) is 13.2 Å². The Bertz CT molecular complexity index is 940. The monoisotopic (exact) mass is 442 g/mol. The number of carbonyl (C=O) groups excluding carboxylic acids is 1. The van der Waals surface area contributed by atoms with Crippen LogP contribution in [0.3, 0.4) is 0 Å². The quantitative estimate of drug-likeness (QED) is 0.681. The standard InChI is InChI=1S/C19H20Cl2N2O4S/c20-16-7-3-8-17(21)15(16)12-28(25,26)23-18-9-2-1-6-14(18)19(24)22-11-13-5-4-10-27-13/h1-3,6-9,13,23H,4-5,10-12H2,(H,22,24)/t13-/m0/s1. The first-order valence-corrected chi connectivity index (χ1v) is 11.2. The number of carbonyl (C=O) groups is 1. The van der Waals surface area contributed by atoms with Crippen LogP contribution in [-0.2, 0) is 20.5 Å².